The van der Waals surface area contributed by atoms with Gasteiger partial charge in [-0.1, -0.05) is 30.3 Å². The summed E-state index contributed by atoms with van der Waals surface area (Å²) in [7, 11) is 3.65. The summed E-state index contributed by atoms with van der Waals surface area (Å²) in [6.07, 6.45) is 6.90. The summed E-state index contributed by atoms with van der Waals surface area (Å²) < 4.78 is 14.6. The number of nitrogens with zero attached hydrogens (tertiary/aromatic N) is 6. The van der Waals surface area contributed by atoms with Gasteiger partial charge in [-0.2, -0.15) is 9.61 Å². The third kappa shape index (κ3) is 5.87. The first-order valence-electron chi connectivity index (χ1n) is 14.7. The van der Waals surface area contributed by atoms with E-state index in [4.69, 9.17) is 14.5 Å². The van der Waals surface area contributed by atoms with Gasteiger partial charge >= 0.3 is 5.97 Å². The zero-order valence-electron chi connectivity index (χ0n) is 25.7. The van der Waals surface area contributed by atoms with Crippen LogP contribution in [-0.2, 0) is 27.4 Å². The number of rotatable bonds is 9. The fraction of sp³-hybridized carbons (Fsp3) is 0.364. The van der Waals surface area contributed by atoms with Crippen molar-refractivity contribution in [1.82, 2.24) is 29.5 Å². The second-order valence-electron chi connectivity index (χ2n) is 12.2. The van der Waals surface area contributed by atoms with Crippen LogP contribution >= 0.6 is 0 Å². The minimum Gasteiger partial charge on any atom is -0.459 e. The molecule has 2 atom stereocenters. The molecule has 0 spiro atoms. The van der Waals surface area contributed by atoms with E-state index in [0.29, 0.717) is 29.1 Å². The SMILES string of the molecule is CO[C@H]1CCC1NC(=O)c1cnn2c(N(C)Cc3ccccc3)cc(-c3cn(CC(=O)OC(C)(C)C)c4ncccc34)nc12. The number of anilines is 1. The van der Waals surface area contributed by atoms with Gasteiger partial charge in [0.15, 0.2) is 5.65 Å². The number of carbonyl (C=O) groups is 2. The maximum absolute atomic E-state index is 13.5. The minimum absolute atomic E-state index is 0.000442. The highest BCUT2D eigenvalue weighted by molar-refractivity contribution is 6.01. The molecule has 1 unspecified atom stereocenters. The Morgan fingerprint density at radius 2 is 1.89 bits per heavy atom. The van der Waals surface area contributed by atoms with Gasteiger partial charge in [-0.15, -0.1) is 0 Å². The zero-order valence-corrected chi connectivity index (χ0v) is 25.7. The Hall–Kier alpha value is -4.77. The average molecular weight is 596 g/mol. The van der Waals surface area contributed by atoms with E-state index in [2.05, 4.69) is 32.4 Å². The fourth-order valence-electron chi connectivity index (χ4n) is 5.58. The van der Waals surface area contributed by atoms with E-state index in [9.17, 15) is 9.59 Å². The average Bonchev–Trinajstić information content (AvgIpc) is 3.56. The predicted octanol–water partition coefficient (Wildman–Crippen LogP) is 4.63. The summed E-state index contributed by atoms with van der Waals surface area (Å²) in [4.78, 5) is 38.0. The van der Waals surface area contributed by atoms with Gasteiger partial charge < -0.3 is 24.3 Å². The summed E-state index contributed by atoms with van der Waals surface area (Å²) >= 11 is 0. The number of carbonyl (C=O) groups excluding carboxylic acids is 2. The smallest absolute Gasteiger partial charge is 0.326 e. The molecule has 0 radical (unpaired) electrons. The molecule has 0 aliphatic heterocycles. The molecule has 228 valence electrons. The van der Waals surface area contributed by atoms with Crippen LogP contribution in [0.15, 0.2) is 67.1 Å². The van der Waals surface area contributed by atoms with Crippen LogP contribution in [0.2, 0.25) is 0 Å². The standard InChI is InChI=1S/C33H37N7O4/c1-33(2,3)44-29(41)20-39-19-24(22-12-9-15-34-30(22)39)26-16-28(38(4)18-21-10-7-6-8-11-21)40-31(36-26)23(17-35-40)32(42)37-25-13-14-27(25)43-5/h6-12,15-17,19,25,27H,13-14,18,20H2,1-5H3,(H,37,42)/t25?,27-/m0/s1. The van der Waals surface area contributed by atoms with Crippen LogP contribution in [0.1, 0.15) is 49.5 Å². The van der Waals surface area contributed by atoms with E-state index in [1.165, 1.54) is 0 Å². The lowest BCUT2D eigenvalue weighted by Gasteiger charge is -2.35. The molecular formula is C33H37N7O4. The molecule has 1 N–H and O–H groups in total. The van der Waals surface area contributed by atoms with Crippen LogP contribution in [0.25, 0.3) is 27.9 Å². The molecule has 4 heterocycles. The van der Waals surface area contributed by atoms with Crippen LogP contribution in [0.5, 0.6) is 0 Å². The Kier molecular flexibility index (Phi) is 7.81. The highest BCUT2D eigenvalue weighted by atomic mass is 16.6. The van der Waals surface area contributed by atoms with Gasteiger partial charge in [-0.25, -0.2) is 9.97 Å². The van der Waals surface area contributed by atoms with Crippen LogP contribution in [0, 0.1) is 0 Å². The quantitative estimate of drug-likeness (QED) is 0.245. The summed E-state index contributed by atoms with van der Waals surface area (Å²) in [5, 5.41) is 8.53. The second kappa shape index (κ2) is 11.7. The highest BCUT2D eigenvalue weighted by Crippen LogP contribution is 2.33. The van der Waals surface area contributed by atoms with Crippen molar-refractivity contribution < 1.29 is 19.1 Å². The maximum atomic E-state index is 13.5. The van der Waals surface area contributed by atoms with Crippen molar-refractivity contribution in [2.45, 2.75) is 64.4 Å². The van der Waals surface area contributed by atoms with Gasteiger partial charge in [0.05, 0.1) is 24.0 Å². The van der Waals surface area contributed by atoms with E-state index >= 15 is 0 Å². The lowest BCUT2D eigenvalue weighted by Crippen LogP contribution is -2.51. The van der Waals surface area contributed by atoms with Crippen LogP contribution in [-0.4, -0.2) is 67.9 Å². The summed E-state index contributed by atoms with van der Waals surface area (Å²) in [6.45, 7) is 6.13. The summed E-state index contributed by atoms with van der Waals surface area (Å²) in [5.41, 5.74) is 3.36. The fourth-order valence-corrected chi connectivity index (χ4v) is 5.58. The van der Waals surface area contributed by atoms with Gasteiger partial charge in [0.25, 0.3) is 5.91 Å². The van der Waals surface area contributed by atoms with E-state index < -0.39 is 5.60 Å². The van der Waals surface area contributed by atoms with Crippen molar-refractivity contribution >= 4 is 34.4 Å². The minimum atomic E-state index is -0.608. The number of esters is 1. The van der Waals surface area contributed by atoms with Gasteiger partial charge in [-0.3, -0.25) is 9.59 Å². The molecule has 1 saturated carbocycles. The Bertz CT molecular complexity index is 1820. The molecule has 1 fully saturated rings. The van der Waals surface area contributed by atoms with Gasteiger partial charge in [0.1, 0.15) is 29.2 Å². The van der Waals surface area contributed by atoms with Crippen molar-refractivity contribution in [3.8, 4) is 11.3 Å². The van der Waals surface area contributed by atoms with E-state index in [1.807, 2.05) is 70.4 Å². The normalized spacial score (nSPS) is 16.6. The molecule has 6 rings (SSSR count). The van der Waals surface area contributed by atoms with Crippen molar-refractivity contribution in [1.29, 1.82) is 0 Å². The Morgan fingerprint density at radius 1 is 1.09 bits per heavy atom. The number of hydrogen-bond donors (Lipinski definition) is 1. The van der Waals surface area contributed by atoms with Crippen LogP contribution in [0.4, 0.5) is 5.82 Å². The number of hydrogen-bond acceptors (Lipinski definition) is 8. The molecule has 1 amide bonds. The molecular weight excluding hydrogens is 558 g/mol. The molecule has 1 aliphatic rings. The molecule has 11 nitrogen and oxygen atoms in total. The molecule has 0 bridgehead atoms. The molecule has 1 aliphatic carbocycles. The number of amides is 1. The highest BCUT2D eigenvalue weighted by Gasteiger charge is 2.33. The predicted molar refractivity (Wildman–Crippen MR) is 167 cm³/mol. The lowest BCUT2D eigenvalue weighted by atomic mass is 9.89. The first-order chi connectivity index (χ1) is 21.1. The van der Waals surface area contributed by atoms with E-state index in [0.717, 1.165) is 35.2 Å². The third-order valence-electron chi connectivity index (χ3n) is 7.81. The molecule has 5 aromatic rings. The number of nitrogens with one attached hydrogen (secondary N) is 1. The van der Waals surface area contributed by atoms with Crippen molar-refractivity contribution in [2.24, 2.45) is 0 Å². The maximum Gasteiger partial charge on any atom is 0.326 e. The number of ether oxygens (including phenoxy) is 2. The zero-order chi connectivity index (χ0) is 31.0. The molecule has 1 aromatic carbocycles. The number of pyridine rings is 1. The second-order valence-corrected chi connectivity index (χ2v) is 12.2. The number of methoxy groups -OCH3 is 1. The molecule has 0 saturated heterocycles. The number of fused-ring (bicyclic) bond motifs is 2. The Labute approximate surface area is 255 Å². The first kappa shape index (κ1) is 29.3. The number of benzene rings is 1. The lowest BCUT2D eigenvalue weighted by molar-refractivity contribution is -0.155. The summed E-state index contributed by atoms with van der Waals surface area (Å²) in [6, 6.07) is 15.8. The number of aromatic nitrogens is 5. The molecule has 11 heteroatoms. The van der Waals surface area contributed by atoms with Gasteiger partial charge in [0, 0.05) is 50.1 Å². The third-order valence-corrected chi connectivity index (χ3v) is 7.81. The summed E-state index contributed by atoms with van der Waals surface area (Å²) in [5.74, 6) is 0.142. The van der Waals surface area contributed by atoms with Crippen molar-refractivity contribution in [3.63, 3.8) is 0 Å². The first-order valence-corrected chi connectivity index (χ1v) is 14.7. The van der Waals surface area contributed by atoms with Crippen molar-refractivity contribution in [2.75, 3.05) is 19.1 Å². The monoisotopic (exact) mass is 595 g/mol. The van der Waals surface area contributed by atoms with E-state index in [1.54, 1.807) is 28.6 Å². The Balaban J connectivity index is 1.45. The van der Waals surface area contributed by atoms with Gasteiger partial charge in [0.2, 0.25) is 0 Å². The topological polar surface area (TPSA) is 116 Å². The largest absolute Gasteiger partial charge is 0.459 e. The van der Waals surface area contributed by atoms with Crippen molar-refractivity contribution in [3.05, 3.63) is 78.2 Å². The van der Waals surface area contributed by atoms with Crippen LogP contribution < -0.4 is 10.2 Å². The van der Waals surface area contributed by atoms with E-state index in [-0.39, 0.29) is 30.6 Å². The van der Waals surface area contributed by atoms with Crippen LogP contribution in [0.3, 0.4) is 0 Å². The Morgan fingerprint density at radius 3 is 2.59 bits per heavy atom. The molecule has 4 aromatic heterocycles. The molecule has 44 heavy (non-hydrogen) atoms. The van der Waals surface area contributed by atoms with Gasteiger partial charge in [-0.05, 0) is 51.3 Å².